The number of halogens is 1. The molecule has 0 bridgehead atoms. The molecule has 0 saturated carbocycles. The third-order valence-electron chi connectivity index (χ3n) is 3.69. The van der Waals surface area contributed by atoms with E-state index in [2.05, 4.69) is 36.2 Å². The average molecular weight is 449 g/mol. The summed E-state index contributed by atoms with van der Waals surface area (Å²) in [5, 5.41) is 8.49. The molecule has 0 aliphatic heterocycles. The van der Waals surface area contributed by atoms with Crippen molar-refractivity contribution in [1.29, 1.82) is 0 Å². The van der Waals surface area contributed by atoms with Gasteiger partial charge in [0.05, 0.1) is 11.8 Å². The number of aromatic nitrogens is 2. The molecule has 27 heavy (non-hydrogen) atoms. The summed E-state index contributed by atoms with van der Waals surface area (Å²) in [5.74, 6) is -0.577. The first kappa shape index (κ1) is 19.1. The Morgan fingerprint density at radius 2 is 1.67 bits per heavy atom. The second-order valence-electron chi connectivity index (χ2n) is 6.06. The molecule has 140 valence electrons. The molecule has 7 nitrogen and oxygen atoms in total. The predicted molar refractivity (Wildman–Crippen MR) is 107 cm³/mol. The number of hydrogen-bond donors (Lipinski definition) is 3. The Bertz CT molecular complexity index is 1070. The van der Waals surface area contributed by atoms with Crippen molar-refractivity contribution in [3.8, 4) is 0 Å². The van der Waals surface area contributed by atoms with Crippen LogP contribution in [0.15, 0.2) is 58.2 Å². The van der Waals surface area contributed by atoms with Gasteiger partial charge in [0.15, 0.2) is 5.03 Å². The highest BCUT2D eigenvalue weighted by Crippen LogP contribution is 2.21. The molecular formula is C18H17BrN4O3S. The number of carbonyl (C=O) groups excluding carboxylic acids is 1. The van der Waals surface area contributed by atoms with Gasteiger partial charge >= 0.3 is 0 Å². The third-order valence-corrected chi connectivity index (χ3v) is 5.58. The van der Waals surface area contributed by atoms with Gasteiger partial charge in [-0.15, -0.1) is 0 Å². The Balaban J connectivity index is 1.86. The normalized spacial score (nSPS) is 11.2. The van der Waals surface area contributed by atoms with Gasteiger partial charge in [0.1, 0.15) is 0 Å². The number of carbonyl (C=O) groups is 1. The minimum Gasteiger partial charge on any atom is -0.322 e. The molecule has 0 spiro atoms. The second-order valence-corrected chi connectivity index (χ2v) is 8.59. The summed E-state index contributed by atoms with van der Waals surface area (Å²) < 4.78 is 28.8. The van der Waals surface area contributed by atoms with E-state index in [1.54, 1.807) is 36.4 Å². The molecule has 0 saturated heterocycles. The smallest absolute Gasteiger partial charge is 0.279 e. The minimum absolute atomic E-state index is 0.0743. The van der Waals surface area contributed by atoms with Crippen LogP contribution < -0.4 is 10.0 Å². The molecule has 0 radical (unpaired) electrons. The molecular weight excluding hydrogens is 432 g/mol. The second kappa shape index (κ2) is 7.53. The van der Waals surface area contributed by atoms with Gasteiger partial charge in [-0.2, -0.15) is 13.5 Å². The van der Waals surface area contributed by atoms with Gasteiger partial charge in [0.2, 0.25) is 0 Å². The van der Waals surface area contributed by atoms with Crippen LogP contribution in [0.1, 0.15) is 21.5 Å². The van der Waals surface area contributed by atoms with Gasteiger partial charge in [-0.3, -0.25) is 14.6 Å². The van der Waals surface area contributed by atoms with E-state index < -0.39 is 15.9 Å². The van der Waals surface area contributed by atoms with Crippen molar-refractivity contribution < 1.29 is 13.2 Å². The fraction of sp³-hybridized carbons (Fsp3) is 0.111. The van der Waals surface area contributed by atoms with Crippen LogP contribution in [0, 0.1) is 13.8 Å². The number of nitrogens with zero attached hydrogens (tertiary/aromatic N) is 1. The van der Waals surface area contributed by atoms with Gasteiger partial charge in [0, 0.05) is 15.8 Å². The van der Waals surface area contributed by atoms with Gasteiger partial charge in [-0.25, -0.2) is 0 Å². The number of nitrogens with one attached hydrogen (secondary N) is 3. The van der Waals surface area contributed by atoms with Crippen molar-refractivity contribution in [1.82, 2.24) is 10.2 Å². The Labute approximate surface area is 165 Å². The molecule has 1 amide bonds. The van der Waals surface area contributed by atoms with Crippen LogP contribution in [0.2, 0.25) is 0 Å². The topological polar surface area (TPSA) is 104 Å². The Hall–Kier alpha value is -2.65. The molecule has 1 aromatic heterocycles. The summed E-state index contributed by atoms with van der Waals surface area (Å²) >= 11 is 3.31. The number of aryl methyl sites for hydroxylation is 2. The van der Waals surface area contributed by atoms with Crippen LogP contribution in [0.25, 0.3) is 0 Å². The van der Waals surface area contributed by atoms with Crippen LogP contribution in [0.3, 0.4) is 0 Å². The van der Waals surface area contributed by atoms with Crippen LogP contribution in [0.4, 0.5) is 11.4 Å². The first-order valence-corrected chi connectivity index (χ1v) is 10.2. The van der Waals surface area contributed by atoms with E-state index in [-0.39, 0.29) is 10.6 Å². The molecule has 9 heteroatoms. The SMILES string of the molecule is Cc1cc(C)cc(NS(=O)(=O)c2[nH]ncc2C(=O)Nc2ccc(Br)cc2)c1. The Morgan fingerprint density at radius 3 is 2.30 bits per heavy atom. The van der Waals surface area contributed by atoms with Crippen molar-refractivity contribution >= 4 is 43.2 Å². The quantitative estimate of drug-likeness (QED) is 0.551. The van der Waals surface area contributed by atoms with Crippen LogP contribution in [0.5, 0.6) is 0 Å². The molecule has 0 aliphatic carbocycles. The lowest BCUT2D eigenvalue weighted by Crippen LogP contribution is -2.19. The van der Waals surface area contributed by atoms with Gasteiger partial charge in [0.25, 0.3) is 15.9 Å². The molecule has 2 aromatic carbocycles. The molecule has 0 fully saturated rings. The monoisotopic (exact) mass is 448 g/mol. The largest absolute Gasteiger partial charge is 0.322 e. The number of aromatic amines is 1. The zero-order valence-electron chi connectivity index (χ0n) is 14.6. The number of benzene rings is 2. The number of amides is 1. The maximum absolute atomic E-state index is 12.7. The van der Waals surface area contributed by atoms with E-state index >= 15 is 0 Å². The van der Waals surface area contributed by atoms with E-state index in [0.29, 0.717) is 11.4 Å². The maximum Gasteiger partial charge on any atom is 0.279 e. The zero-order valence-corrected chi connectivity index (χ0v) is 17.0. The Kier molecular flexibility index (Phi) is 5.33. The van der Waals surface area contributed by atoms with Crippen molar-refractivity contribution in [2.24, 2.45) is 0 Å². The van der Waals surface area contributed by atoms with Crippen molar-refractivity contribution in [3.05, 3.63) is 69.8 Å². The summed E-state index contributed by atoms with van der Waals surface area (Å²) in [7, 11) is -4.01. The number of hydrogen-bond acceptors (Lipinski definition) is 4. The fourth-order valence-electron chi connectivity index (χ4n) is 2.61. The highest BCUT2D eigenvalue weighted by molar-refractivity contribution is 9.10. The molecule has 1 heterocycles. The van der Waals surface area contributed by atoms with Crippen LogP contribution in [-0.4, -0.2) is 24.5 Å². The molecule has 3 N–H and O–H groups in total. The number of rotatable bonds is 5. The van der Waals surface area contributed by atoms with Crippen LogP contribution in [-0.2, 0) is 10.0 Å². The molecule has 0 unspecified atom stereocenters. The number of H-pyrrole nitrogens is 1. The zero-order chi connectivity index (χ0) is 19.6. The van der Waals surface area contributed by atoms with Gasteiger partial charge in [-0.05, 0) is 61.4 Å². The first-order valence-electron chi connectivity index (χ1n) is 7.96. The van der Waals surface area contributed by atoms with Crippen molar-refractivity contribution in [3.63, 3.8) is 0 Å². The first-order chi connectivity index (χ1) is 12.7. The lowest BCUT2D eigenvalue weighted by Gasteiger charge is -2.10. The van der Waals surface area contributed by atoms with Crippen molar-refractivity contribution in [2.75, 3.05) is 10.0 Å². The van der Waals surface area contributed by atoms with E-state index in [9.17, 15) is 13.2 Å². The van der Waals surface area contributed by atoms with E-state index in [4.69, 9.17) is 0 Å². The van der Waals surface area contributed by atoms with Crippen LogP contribution >= 0.6 is 15.9 Å². The number of anilines is 2. The highest BCUT2D eigenvalue weighted by atomic mass is 79.9. The summed E-state index contributed by atoms with van der Waals surface area (Å²) in [6, 6.07) is 12.3. The average Bonchev–Trinajstić information content (AvgIpc) is 3.06. The molecule has 0 atom stereocenters. The maximum atomic E-state index is 12.7. The summed E-state index contributed by atoms with van der Waals surface area (Å²) in [5.41, 5.74) is 2.72. The predicted octanol–water partition coefficient (Wildman–Crippen LogP) is 3.84. The number of sulfonamides is 1. The third kappa shape index (κ3) is 4.55. The van der Waals surface area contributed by atoms with E-state index in [0.717, 1.165) is 15.6 Å². The summed E-state index contributed by atoms with van der Waals surface area (Å²) in [4.78, 5) is 12.5. The van der Waals surface area contributed by atoms with E-state index in [1.807, 2.05) is 19.9 Å². The molecule has 3 rings (SSSR count). The summed E-state index contributed by atoms with van der Waals surface area (Å²) in [6.07, 6.45) is 1.18. The van der Waals surface area contributed by atoms with E-state index in [1.165, 1.54) is 6.20 Å². The Morgan fingerprint density at radius 1 is 1.04 bits per heavy atom. The van der Waals surface area contributed by atoms with Gasteiger partial charge < -0.3 is 5.32 Å². The standard InChI is InChI=1S/C18H17BrN4O3S/c1-11-7-12(2)9-15(8-11)23-27(25,26)18-16(10-20-22-18)17(24)21-14-5-3-13(19)4-6-14/h3-10,23H,1-2H3,(H,20,22)(H,21,24). The lowest BCUT2D eigenvalue weighted by molar-refractivity contribution is 0.102. The minimum atomic E-state index is -4.01. The molecule has 3 aromatic rings. The fourth-order valence-corrected chi connectivity index (χ4v) is 4.01. The summed E-state index contributed by atoms with van der Waals surface area (Å²) in [6.45, 7) is 3.75. The lowest BCUT2D eigenvalue weighted by atomic mass is 10.1. The highest BCUT2D eigenvalue weighted by Gasteiger charge is 2.25. The molecule has 0 aliphatic rings. The van der Waals surface area contributed by atoms with Crippen molar-refractivity contribution in [2.45, 2.75) is 18.9 Å². The van der Waals surface area contributed by atoms with Gasteiger partial charge in [-0.1, -0.05) is 22.0 Å².